The van der Waals surface area contributed by atoms with Crippen molar-refractivity contribution in [1.29, 1.82) is 0 Å². The second-order valence-electron chi connectivity index (χ2n) is 7.81. The molecular weight excluding hydrogens is 369 g/mol. The van der Waals surface area contributed by atoms with Gasteiger partial charge in [-0.25, -0.2) is 0 Å². The summed E-state index contributed by atoms with van der Waals surface area (Å²) in [4.78, 5) is 0. The summed E-state index contributed by atoms with van der Waals surface area (Å²) in [6.07, 6.45) is 25.6. The minimum Gasteiger partial charge on any atom is -1.00 e. The van der Waals surface area contributed by atoms with Crippen molar-refractivity contribution in [3.8, 4) is 0 Å². The number of halogens is 2. The minimum atomic E-state index is -0.301. The summed E-state index contributed by atoms with van der Waals surface area (Å²) >= 11 is -0.301. The Morgan fingerprint density at radius 3 is 1.52 bits per heavy atom. The van der Waals surface area contributed by atoms with Crippen LogP contribution in [0.5, 0.6) is 0 Å². The van der Waals surface area contributed by atoms with Crippen LogP contribution in [0.4, 0.5) is 0 Å². The average Bonchev–Trinajstić information content (AvgIpc) is 3.00. The number of allylic oxidation sites excluding steroid dienone is 8. The zero-order valence-electron chi connectivity index (χ0n) is 13.3. The normalized spacial score (nSPS) is 47.7. The summed E-state index contributed by atoms with van der Waals surface area (Å²) in [7, 11) is 0. The summed E-state index contributed by atoms with van der Waals surface area (Å²) in [6, 6.07) is 0. The first-order chi connectivity index (χ1) is 10.4. The molecule has 8 atom stereocenters. The van der Waals surface area contributed by atoms with Gasteiger partial charge in [0.1, 0.15) is 0 Å². The van der Waals surface area contributed by atoms with Crippen LogP contribution >= 0.6 is 0 Å². The van der Waals surface area contributed by atoms with Crippen molar-refractivity contribution in [3.63, 3.8) is 0 Å². The first-order valence-corrected chi connectivity index (χ1v) is 11.7. The van der Waals surface area contributed by atoms with Gasteiger partial charge in [-0.15, -0.1) is 0 Å². The van der Waals surface area contributed by atoms with E-state index < -0.39 is 0 Å². The molecule has 2 saturated carbocycles. The fourth-order valence-electron chi connectivity index (χ4n) is 5.94. The van der Waals surface area contributed by atoms with Gasteiger partial charge in [0.15, 0.2) is 0 Å². The molecule has 5 rings (SSSR count). The molecule has 3 heteroatoms. The predicted molar refractivity (Wildman–Crippen MR) is 83.5 cm³/mol. The SMILES string of the molecule is C1=CC2CC3CCC4CC5C=CC=CC5[CH]4[Zr+2][CH]3C2C=C1.[F-].[F-]. The van der Waals surface area contributed by atoms with Crippen LogP contribution in [0.3, 0.4) is 0 Å². The van der Waals surface area contributed by atoms with Crippen LogP contribution in [-0.2, 0) is 23.2 Å². The number of hydrogen-bond acceptors (Lipinski definition) is 0. The largest absolute Gasteiger partial charge is 1.00 e. The summed E-state index contributed by atoms with van der Waals surface area (Å²) in [5.74, 6) is 5.86. The van der Waals surface area contributed by atoms with Crippen molar-refractivity contribution in [2.24, 2.45) is 35.5 Å². The molecule has 0 aromatic heterocycles. The van der Waals surface area contributed by atoms with E-state index in [4.69, 9.17) is 0 Å². The van der Waals surface area contributed by atoms with E-state index in [1.54, 1.807) is 12.8 Å². The minimum absolute atomic E-state index is 0. The zero-order valence-corrected chi connectivity index (χ0v) is 15.8. The molecule has 0 nitrogen and oxygen atoms in total. The molecule has 0 aromatic carbocycles. The van der Waals surface area contributed by atoms with Gasteiger partial charge in [0.25, 0.3) is 0 Å². The van der Waals surface area contributed by atoms with Crippen molar-refractivity contribution >= 4 is 0 Å². The van der Waals surface area contributed by atoms with Crippen molar-refractivity contribution in [2.75, 3.05) is 0 Å². The van der Waals surface area contributed by atoms with Crippen molar-refractivity contribution in [2.45, 2.75) is 32.9 Å². The van der Waals surface area contributed by atoms with Crippen molar-refractivity contribution in [1.82, 2.24) is 0 Å². The average molecular weight is 394 g/mol. The van der Waals surface area contributed by atoms with Crippen LogP contribution in [0.2, 0.25) is 7.25 Å². The molecule has 0 bridgehead atoms. The Morgan fingerprint density at radius 2 is 1.04 bits per heavy atom. The molecule has 23 heavy (non-hydrogen) atoms. The van der Waals surface area contributed by atoms with Gasteiger partial charge in [0.05, 0.1) is 0 Å². The molecule has 3 fully saturated rings. The fourth-order valence-corrected chi connectivity index (χ4v) is 12.7. The molecular formula is C20H24F2Zr. The third-order valence-electron chi connectivity index (χ3n) is 6.88. The van der Waals surface area contributed by atoms with E-state index in [0.717, 1.165) is 42.8 Å². The molecule has 8 unspecified atom stereocenters. The predicted octanol–water partition coefficient (Wildman–Crippen LogP) is -0.796. The Morgan fingerprint density at radius 1 is 0.609 bits per heavy atom. The van der Waals surface area contributed by atoms with E-state index in [1.807, 2.05) is 0 Å². The standard InChI is InChI=1S/C20H24.2FH.Zr/c1-2-6-18-12-15(11-17(18)5-1)9-10-16-13-19-7-3-4-8-20(19)14-16;;;/h1-8,11,13,15-20H,9-10,12,14H2;2*1H;/q;;;+2/p-2. The van der Waals surface area contributed by atoms with Gasteiger partial charge in [-0.1, -0.05) is 0 Å². The molecule has 0 spiro atoms. The summed E-state index contributed by atoms with van der Waals surface area (Å²) in [5, 5.41) is 0. The number of rotatable bonds is 0. The van der Waals surface area contributed by atoms with Gasteiger partial charge >= 0.3 is 140 Å². The molecule has 0 N–H and O–H groups in total. The molecule has 5 aliphatic rings. The Labute approximate surface area is 149 Å². The molecule has 1 saturated heterocycles. The summed E-state index contributed by atoms with van der Waals surface area (Å²) in [6.45, 7) is 0. The summed E-state index contributed by atoms with van der Waals surface area (Å²) in [5.41, 5.74) is 0. The van der Waals surface area contributed by atoms with Gasteiger partial charge in [0, 0.05) is 0 Å². The Kier molecular flexibility index (Phi) is 5.26. The first kappa shape index (κ1) is 17.5. The van der Waals surface area contributed by atoms with Gasteiger partial charge < -0.3 is 9.41 Å². The van der Waals surface area contributed by atoms with Crippen LogP contribution in [-0.4, -0.2) is 0 Å². The monoisotopic (exact) mass is 392 g/mol. The molecule has 1 heterocycles. The smallest absolute Gasteiger partial charge is 1.00 e. The topological polar surface area (TPSA) is 0 Å². The van der Waals surface area contributed by atoms with E-state index >= 15 is 0 Å². The zero-order chi connectivity index (χ0) is 13.8. The first-order valence-electron chi connectivity index (χ1n) is 8.86. The molecule has 122 valence electrons. The number of hydrogen-bond donors (Lipinski definition) is 0. The van der Waals surface area contributed by atoms with E-state index in [2.05, 4.69) is 48.6 Å². The van der Waals surface area contributed by atoms with Gasteiger partial charge in [-0.3, -0.25) is 0 Å². The maximum atomic E-state index is 2.58. The van der Waals surface area contributed by atoms with Crippen LogP contribution < -0.4 is 9.41 Å². The molecule has 0 radical (unpaired) electrons. The van der Waals surface area contributed by atoms with Crippen LogP contribution in [0, 0.1) is 35.5 Å². The Hall–Kier alpha value is -0.297. The Balaban J connectivity index is 0.000000781. The quantitative estimate of drug-likeness (QED) is 0.506. The summed E-state index contributed by atoms with van der Waals surface area (Å²) < 4.78 is 2.29. The van der Waals surface area contributed by atoms with E-state index in [0.29, 0.717) is 0 Å². The number of fused-ring (bicyclic) bond motifs is 6. The van der Waals surface area contributed by atoms with E-state index in [1.165, 1.54) is 12.8 Å². The maximum Gasteiger partial charge on any atom is -1.00 e. The van der Waals surface area contributed by atoms with E-state index in [9.17, 15) is 0 Å². The fraction of sp³-hybridized carbons (Fsp3) is 0.600. The van der Waals surface area contributed by atoms with E-state index in [-0.39, 0.29) is 32.6 Å². The van der Waals surface area contributed by atoms with Crippen LogP contribution in [0.1, 0.15) is 25.7 Å². The second kappa shape index (κ2) is 6.91. The van der Waals surface area contributed by atoms with Crippen LogP contribution in [0.25, 0.3) is 0 Å². The molecule has 0 aromatic rings. The Bertz CT molecular complexity index is 502. The third-order valence-corrected chi connectivity index (χ3v) is 13.0. The third kappa shape index (κ3) is 2.82. The maximum absolute atomic E-state index is 2.58. The van der Waals surface area contributed by atoms with Gasteiger partial charge in [-0.05, 0) is 0 Å². The van der Waals surface area contributed by atoms with Crippen molar-refractivity contribution < 1.29 is 32.6 Å². The second-order valence-corrected chi connectivity index (χ2v) is 11.9. The molecule has 0 amide bonds. The van der Waals surface area contributed by atoms with Crippen LogP contribution in [0.15, 0.2) is 48.6 Å². The molecule has 4 aliphatic carbocycles. The van der Waals surface area contributed by atoms with Gasteiger partial charge in [0.2, 0.25) is 0 Å². The van der Waals surface area contributed by atoms with Crippen molar-refractivity contribution in [3.05, 3.63) is 48.6 Å². The van der Waals surface area contributed by atoms with Gasteiger partial charge in [-0.2, -0.15) is 0 Å². The molecule has 1 aliphatic heterocycles.